The van der Waals surface area contributed by atoms with Crippen LogP contribution in [-0.4, -0.2) is 50.3 Å². The lowest BCUT2D eigenvalue weighted by molar-refractivity contribution is 0.114. The predicted octanol–water partition coefficient (Wildman–Crippen LogP) is 2.99. The van der Waals surface area contributed by atoms with Gasteiger partial charge in [-0.3, -0.25) is 9.89 Å². The van der Waals surface area contributed by atoms with Crippen LogP contribution in [-0.2, 0) is 17.8 Å². The molecular formula is C19H33IN4O. The van der Waals surface area contributed by atoms with E-state index in [1.54, 1.807) is 7.05 Å². The molecule has 142 valence electrons. The third kappa shape index (κ3) is 7.92. The van der Waals surface area contributed by atoms with Gasteiger partial charge in [0.05, 0.1) is 6.10 Å². The molecule has 2 N–H and O–H groups in total. The number of halogens is 1. The Hall–Kier alpha value is -0.860. The summed E-state index contributed by atoms with van der Waals surface area (Å²) in [4.78, 5) is 6.70. The van der Waals surface area contributed by atoms with E-state index in [2.05, 4.69) is 58.6 Å². The molecule has 1 heterocycles. The van der Waals surface area contributed by atoms with Crippen LogP contribution in [0.2, 0.25) is 0 Å². The van der Waals surface area contributed by atoms with Crippen LogP contribution >= 0.6 is 24.0 Å². The van der Waals surface area contributed by atoms with Crippen molar-refractivity contribution in [1.82, 2.24) is 15.5 Å². The van der Waals surface area contributed by atoms with Crippen LogP contribution in [0.4, 0.5) is 0 Å². The van der Waals surface area contributed by atoms with Gasteiger partial charge < -0.3 is 15.4 Å². The molecule has 25 heavy (non-hydrogen) atoms. The Morgan fingerprint density at radius 2 is 1.84 bits per heavy atom. The van der Waals surface area contributed by atoms with Gasteiger partial charge in [0, 0.05) is 33.3 Å². The fraction of sp³-hybridized carbons (Fsp3) is 0.632. The van der Waals surface area contributed by atoms with Gasteiger partial charge in [0.15, 0.2) is 5.96 Å². The third-order valence-electron chi connectivity index (χ3n) is 4.53. The largest absolute Gasteiger partial charge is 0.376 e. The molecule has 1 aliphatic heterocycles. The highest BCUT2D eigenvalue weighted by Gasteiger charge is 2.15. The molecule has 0 spiro atoms. The first-order valence-corrected chi connectivity index (χ1v) is 9.11. The van der Waals surface area contributed by atoms with Crippen LogP contribution in [0.25, 0.3) is 0 Å². The molecule has 5 nitrogen and oxygen atoms in total. The van der Waals surface area contributed by atoms with E-state index in [4.69, 9.17) is 4.74 Å². The minimum atomic E-state index is 0. The summed E-state index contributed by atoms with van der Waals surface area (Å²) >= 11 is 0. The van der Waals surface area contributed by atoms with Crippen LogP contribution < -0.4 is 10.6 Å². The van der Waals surface area contributed by atoms with E-state index >= 15 is 0 Å². The maximum Gasteiger partial charge on any atom is 0.191 e. The van der Waals surface area contributed by atoms with Gasteiger partial charge in [-0.1, -0.05) is 38.1 Å². The van der Waals surface area contributed by atoms with Crippen LogP contribution in [0, 0.1) is 0 Å². The van der Waals surface area contributed by atoms with E-state index in [1.165, 1.54) is 11.1 Å². The van der Waals surface area contributed by atoms with Gasteiger partial charge in [0.2, 0.25) is 0 Å². The third-order valence-corrected chi connectivity index (χ3v) is 4.53. The molecule has 1 fully saturated rings. The number of hydrogen-bond acceptors (Lipinski definition) is 3. The second-order valence-corrected chi connectivity index (χ2v) is 6.22. The number of nitrogens with zero attached hydrogens (tertiary/aromatic N) is 2. The first kappa shape index (κ1) is 22.2. The van der Waals surface area contributed by atoms with E-state index in [-0.39, 0.29) is 24.0 Å². The van der Waals surface area contributed by atoms with Crippen LogP contribution in [0.3, 0.4) is 0 Å². The molecule has 1 aromatic rings. The zero-order valence-electron chi connectivity index (χ0n) is 15.8. The second kappa shape index (κ2) is 12.5. The van der Waals surface area contributed by atoms with Crippen molar-refractivity contribution in [3.05, 3.63) is 35.4 Å². The Morgan fingerprint density at radius 1 is 1.16 bits per heavy atom. The summed E-state index contributed by atoms with van der Waals surface area (Å²) < 4.78 is 5.62. The van der Waals surface area contributed by atoms with E-state index < -0.39 is 0 Å². The summed E-state index contributed by atoms with van der Waals surface area (Å²) in [7, 11) is 1.80. The Morgan fingerprint density at radius 3 is 2.40 bits per heavy atom. The monoisotopic (exact) mass is 460 g/mol. The molecule has 1 aromatic carbocycles. The maximum absolute atomic E-state index is 5.62. The molecule has 0 aromatic heterocycles. The molecule has 1 unspecified atom stereocenters. The fourth-order valence-corrected chi connectivity index (χ4v) is 2.89. The lowest BCUT2D eigenvalue weighted by Crippen LogP contribution is -2.40. The molecule has 2 rings (SSSR count). The minimum Gasteiger partial charge on any atom is -0.376 e. The molecule has 0 radical (unpaired) electrons. The number of nitrogens with one attached hydrogen (secondary N) is 2. The summed E-state index contributed by atoms with van der Waals surface area (Å²) in [5.74, 6) is 0.831. The van der Waals surface area contributed by atoms with Crippen LogP contribution in [0.1, 0.15) is 37.8 Å². The van der Waals surface area contributed by atoms with Crippen molar-refractivity contribution >= 4 is 29.9 Å². The predicted molar refractivity (Wildman–Crippen MR) is 116 cm³/mol. The molecule has 1 atom stereocenters. The van der Waals surface area contributed by atoms with Gasteiger partial charge in [0.25, 0.3) is 0 Å². The quantitative estimate of drug-likeness (QED) is 0.356. The number of aliphatic imine (C=N–C) groups is 1. The highest BCUT2D eigenvalue weighted by molar-refractivity contribution is 14.0. The average Bonchev–Trinajstić information content (AvgIpc) is 3.14. The van der Waals surface area contributed by atoms with Crippen LogP contribution in [0.15, 0.2) is 29.3 Å². The van der Waals surface area contributed by atoms with Crippen molar-refractivity contribution in [2.24, 2.45) is 4.99 Å². The van der Waals surface area contributed by atoms with E-state index in [1.807, 2.05) is 0 Å². The van der Waals surface area contributed by atoms with Crippen molar-refractivity contribution in [3.63, 3.8) is 0 Å². The summed E-state index contributed by atoms with van der Waals surface area (Å²) in [6.45, 7) is 10.1. The maximum atomic E-state index is 5.62. The number of guanidine groups is 1. The molecule has 0 amide bonds. The van der Waals surface area contributed by atoms with Gasteiger partial charge in [-0.2, -0.15) is 0 Å². The standard InChI is InChI=1S/C19H32N4O.HI/c1-4-23(5-2)15-17-10-8-16(9-11-17)13-21-19(20-3)22-14-18-7-6-12-24-18;/h8-11,18H,4-7,12-15H2,1-3H3,(H2,20,21,22);1H. The van der Waals surface area contributed by atoms with E-state index in [0.717, 1.165) is 58.1 Å². The van der Waals surface area contributed by atoms with Crippen molar-refractivity contribution in [1.29, 1.82) is 0 Å². The van der Waals surface area contributed by atoms with Crippen molar-refractivity contribution in [2.75, 3.05) is 33.3 Å². The average molecular weight is 460 g/mol. The Bertz CT molecular complexity index is 497. The number of rotatable bonds is 8. The van der Waals surface area contributed by atoms with Gasteiger partial charge in [-0.05, 0) is 37.1 Å². The molecule has 6 heteroatoms. The summed E-state index contributed by atoms with van der Waals surface area (Å²) in [5.41, 5.74) is 2.63. The molecular weight excluding hydrogens is 427 g/mol. The molecule has 0 bridgehead atoms. The van der Waals surface area contributed by atoms with Crippen molar-refractivity contribution < 1.29 is 4.74 Å². The fourth-order valence-electron chi connectivity index (χ4n) is 2.89. The number of hydrogen-bond donors (Lipinski definition) is 2. The number of benzene rings is 1. The zero-order valence-corrected chi connectivity index (χ0v) is 18.1. The first-order chi connectivity index (χ1) is 11.7. The molecule has 1 aliphatic rings. The van der Waals surface area contributed by atoms with Crippen molar-refractivity contribution in [3.8, 4) is 0 Å². The Kier molecular flexibility index (Phi) is 11.1. The lowest BCUT2D eigenvalue weighted by atomic mass is 10.1. The van der Waals surface area contributed by atoms with Gasteiger partial charge in [-0.25, -0.2) is 0 Å². The summed E-state index contributed by atoms with van der Waals surface area (Å²) in [6, 6.07) is 8.83. The normalized spacial score (nSPS) is 17.4. The minimum absolute atomic E-state index is 0. The van der Waals surface area contributed by atoms with Gasteiger partial charge in [0.1, 0.15) is 0 Å². The van der Waals surface area contributed by atoms with Crippen molar-refractivity contribution in [2.45, 2.75) is 45.9 Å². The number of ether oxygens (including phenoxy) is 1. The topological polar surface area (TPSA) is 48.9 Å². The Labute approximate surface area is 169 Å². The SMILES string of the molecule is CCN(CC)Cc1ccc(CNC(=NC)NCC2CCCO2)cc1.I. The summed E-state index contributed by atoms with van der Waals surface area (Å²) in [5, 5.41) is 6.71. The Balaban J connectivity index is 0.00000312. The molecule has 1 saturated heterocycles. The first-order valence-electron chi connectivity index (χ1n) is 9.11. The van der Waals surface area contributed by atoms with Gasteiger partial charge >= 0.3 is 0 Å². The van der Waals surface area contributed by atoms with E-state index in [9.17, 15) is 0 Å². The molecule has 0 saturated carbocycles. The highest BCUT2D eigenvalue weighted by atomic mass is 127. The zero-order chi connectivity index (χ0) is 17.2. The van der Waals surface area contributed by atoms with E-state index in [0.29, 0.717) is 6.10 Å². The smallest absolute Gasteiger partial charge is 0.191 e. The second-order valence-electron chi connectivity index (χ2n) is 6.22. The highest BCUT2D eigenvalue weighted by Crippen LogP contribution is 2.10. The molecule has 0 aliphatic carbocycles. The van der Waals surface area contributed by atoms with Crippen LogP contribution in [0.5, 0.6) is 0 Å². The van der Waals surface area contributed by atoms with Gasteiger partial charge in [-0.15, -0.1) is 24.0 Å². The summed E-state index contributed by atoms with van der Waals surface area (Å²) in [6.07, 6.45) is 2.62. The lowest BCUT2D eigenvalue weighted by Gasteiger charge is -2.18.